The number of halogens is 2. The Morgan fingerprint density at radius 3 is 2.60 bits per heavy atom. The minimum Gasteiger partial charge on any atom is -0.467 e. The summed E-state index contributed by atoms with van der Waals surface area (Å²) in [4.78, 5) is 12.3. The van der Waals surface area contributed by atoms with Crippen LogP contribution in [0.4, 0.5) is 5.69 Å². The second-order valence-corrected chi connectivity index (χ2v) is 7.43. The Balaban J connectivity index is 2.29. The summed E-state index contributed by atoms with van der Waals surface area (Å²) >= 11 is 9.40. The highest BCUT2D eigenvalue weighted by molar-refractivity contribution is 9.10. The van der Waals surface area contributed by atoms with Gasteiger partial charge in [0.2, 0.25) is 0 Å². The van der Waals surface area contributed by atoms with E-state index in [9.17, 15) is 4.79 Å². The van der Waals surface area contributed by atoms with Crippen LogP contribution < -0.4 is 5.32 Å². The van der Waals surface area contributed by atoms with E-state index in [1.54, 1.807) is 6.07 Å². The number of nitrogens with one attached hydrogen (secondary N) is 1. The number of rotatable bonds is 3. The van der Waals surface area contributed by atoms with Gasteiger partial charge in [-0.3, -0.25) is 0 Å². The fraction of sp³-hybridized carbons (Fsp3) is 0.533. The van der Waals surface area contributed by atoms with Crippen molar-refractivity contribution in [3.05, 3.63) is 27.7 Å². The summed E-state index contributed by atoms with van der Waals surface area (Å²) < 4.78 is 5.82. The lowest BCUT2D eigenvalue weighted by Gasteiger charge is -2.30. The number of benzene rings is 1. The van der Waals surface area contributed by atoms with Crippen molar-refractivity contribution in [2.75, 3.05) is 12.4 Å². The Bertz CT molecular complexity index is 533. The van der Waals surface area contributed by atoms with Crippen LogP contribution in [0.2, 0.25) is 5.02 Å². The molecule has 0 aliphatic heterocycles. The fourth-order valence-corrected chi connectivity index (χ4v) is 3.42. The molecule has 2 rings (SSSR count). The summed E-state index contributed by atoms with van der Waals surface area (Å²) in [7, 11) is 1.44. The van der Waals surface area contributed by atoms with Crippen molar-refractivity contribution in [2.45, 2.75) is 38.6 Å². The van der Waals surface area contributed by atoms with Crippen LogP contribution in [0, 0.1) is 5.41 Å². The molecule has 0 heterocycles. The summed E-state index contributed by atoms with van der Waals surface area (Å²) in [6.07, 6.45) is 2.52. The van der Waals surface area contributed by atoms with Gasteiger partial charge in [0.25, 0.3) is 0 Å². The summed E-state index contributed by atoms with van der Waals surface area (Å²) in [6.45, 7) is 4.36. The molecule has 0 radical (unpaired) electrons. The van der Waals surface area contributed by atoms with Gasteiger partial charge in [-0.25, -0.2) is 4.79 Å². The van der Waals surface area contributed by atoms with Crippen molar-refractivity contribution in [3.63, 3.8) is 0 Å². The van der Waals surface area contributed by atoms with Crippen LogP contribution in [0.15, 0.2) is 22.7 Å². The first-order valence-electron chi connectivity index (χ1n) is 6.60. The number of anilines is 1. The average molecular weight is 361 g/mol. The van der Waals surface area contributed by atoms with Crippen LogP contribution in [0.5, 0.6) is 0 Å². The molecule has 110 valence electrons. The van der Waals surface area contributed by atoms with Crippen molar-refractivity contribution >= 4 is 39.2 Å². The lowest BCUT2D eigenvalue weighted by molar-refractivity contribution is -0.146. The maximum atomic E-state index is 12.3. The highest BCUT2D eigenvalue weighted by atomic mass is 79.9. The van der Waals surface area contributed by atoms with Gasteiger partial charge in [0.05, 0.1) is 12.1 Å². The van der Waals surface area contributed by atoms with Gasteiger partial charge < -0.3 is 10.1 Å². The zero-order chi connectivity index (χ0) is 15.0. The molecule has 1 aliphatic carbocycles. The van der Waals surface area contributed by atoms with Crippen LogP contribution in [0.25, 0.3) is 0 Å². The number of hydrogen-bond acceptors (Lipinski definition) is 3. The van der Waals surface area contributed by atoms with Crippen LogP contribution in [-0.4, -0.2) is 18.6 Å². The number of hydrogen-bond donors (Lipinski definition) is 1. The molecular formula is C15H19BrClNO2. The van der Waals surface area contributed by atoms with Crippen molar-refractivity contribution in [3.8, 4) is 0 Å². The highest BCUT2D eigenvalue weighted by Crippen LogP contribution is 2.46. The lowest BCUT2D eigenvalue weighted by Crippen LogP contribution is -2.45. The van der Waals surface area contributed by atoms with E-state index in [0.717, 1.165) is 29.4 Å². The second-order valence-electron chi connectivity index (χ2n) is 6.17. The standard InChI is InChI=1S/C15H19BrClNO2/c1-14(2)6-7-15(9-14,13(19)20-3)18-10-4-5-12(17)11(16)8-10/h4-5,8,18H,6-7,9H2,1-3H3. The lowest BCUT2D eigenvalue weighted by atomic mass is 9.87. The number of carbonyl (C=O) groups is 1. The largest absolute Gasteiger partial charge is 0.467 e. The Labute approximate surface area is 133 Å². The fourth-order valence-electron chi connectivity index (χ4n) is 2.92. The highest BCUT2D eigenvalue weighted by Gasteiger charge is 2.49. The maximum absolute atomic E-state index is 12.3. The van der Waals surface area contributed by atoms with E-state index in [0.29, 0.717) is 5.02 Å². The van der Waals surface area contributed by atoms with E-state index in [1.807, 2.05) is 12.1 Å². The topological polar surface area (TPSA) is 38.3 Å². The monoisotopic (exact) mass is 359 g/mol. The number of carbonyl (C=O) groups excluding carboxylic acids is 1. The Morgan fingerprint density at radius 1 is 1.40 bits per heavy atom. The van der Waals surface area contributed by atoms with Crippen molar-refractivity contribution in [1.29, 1.82) is 0 Å². The molecular weight excluding hydrogens is 342 g/mol. The molecule has 1 fully saturated rings. The van der Waals surface area contributed by atoms with Crippen LogP contribution in [-0.2, 0) is 9.53 Å². The summed E-state index contributed by atoms with van der Waals surface area (Å²) in [6, 6.07) is 5.57. The van der Waals surface area contributed by atoms with E-state index < -0.39 is 5.54 Å². The molecule has 0 aromatic heterocycles. The van der Waals surface area contributed by atoms with Gasteiger partial charge in [0.1, 0.15) is 5.54 Å². The average Bonchev–Trinajstić information content (AvgIpc) is 2.69. The molecule has 1 saturated carbocycles. The van der Waals surface area contributed by atoms with Crippen molar-refractivity contribution in [1.82, 2.24) is 0 Å². The number of ether oxygens (including phenoxy) is 1. The van der Waals surface area contributed by atoms with Gasteiger partial charge in [0, 0.05) is 10.2 Å². The van der Waals surface area contributed by atoms with Crippen LogP contribution in [0.3, 0.4) is 0 Å². The predicted octanol–water partition coefficient (Wildman–Crippen LogP) is 4.64. The van der Waals surface area contributed by atoms with Gasteiger partial charge in [-0.2, -0.15) is 0 Å². The molecule has 0 bridgehead atoms. The third-order valence-electron chi connectivity index (χ3n) is 3.89. The van der Waals surface area contributed by atoms with E-state index in [2.05, 4.69) is 35.1 Å². The Hall–Kier alpha value is -0.740. The molecule has 20 heavy (non-hydrogen) atoms. The predicted molar refractivity (Wildman–Crippen MR) is 85.2 cm³/mol. The smallest absolute Gasteiger partial charge is 0.331 e. The third kappa shape index (κ3) is 3.12. The van der Waals surface area contributed by atoms with Gasteiger partial charge in [-0.1, -0.05) is 25.4 Å². The molecule has 5 heteroatoms. The maximum Gasteiger partial charge on any atom is 0.331 e. The van der Waals surface area contributed by atoms with Gasteiger partial charge in [-0.15, -0.1) is 0 Å². The van der Waals surface area contributed by atoms with E-state index >= 15 is 0 Å². The van der Waals surface area contributed by atoms with Crippen molar-refractivity contribution < 1.29 is 9.53 Å². The zero-order valence-corrected chi connectivity index (χ0v) is 14.3. The first kappa shape index (κ1) is 15.6. The minimum absolute atomic E-state index is 0.130. The van der Waals surface area contributed by atoms with Gasteiger partial charge in [-0.05, 0) is 58.8 Å². The Kier molecular flexibility index (Phi) is 4.35. The SMILES string of the molecule is COC(=O)C1(Nc2ccc(Cl)c(Br)c2)CCC(C)(C)C1. The molecule has 1 unspecified atom stereocenters. The normalized spacial score (nSPS) is 24.4. The molecule has 0 saturated heterocycles. The molecule has 0 spiro atoms. The minimum atomic E-state index is -0.647. The quantitative estimate of drug-likeness (QED) is 0.798. The zero-order valence-electron chi connectivity index (χ0n) is 11.9. The molecule has 1 aliphatic rings. The number of methoxy groups -OCH3 is 1. The van der Waals surface area contributed by atoms with Gasteiger partial charge in [0.15, 0.2) is 0 Å². The van der Waals surface area contributed by atoms with E-state index in [-0.39, 0.29) is 11.4 Å². The molecule has 0 amide bonds. The van der Waals surface area contributed by atoms with E-state index in [4.69, 9.17) is 16.3 Å². The summed E-state index contributed by atoms with van der Waals surface area (Å²) in [5, 5.41) is 4.01. The molecule has 1 aromatic rings. The van der Waals surface area contributed by atoms with Gasteiger partial charge >= 0.3 is 5.97 Å². The molecule has 1 N–H and O–H groups in total. The molecule has 3 nitrogen and oxygen atoms in total. The van der Waals surface area contributed by atoms with Crippen molar-refractivity contribution in [2.24, 2.45) is 5.41 Å². The second kappa shape index (κ2) is 5.57. The Morgan fingerprint density at radius 2 is 2.10 bits per heavy atom. The third-order valence-corrected chi connectivity index (χ3v) is 5.10. The first-order chi connectivity index (χ1) is 9.28. The first-order valence-corrected chi connectivity index (χ1v) is 7.77. The number of esters is 1. The van der Waals surface area contributed by atoms with E-state index in [1.165, 1.54) is 7.11 Å². The summed E-state index contributed by atoms with van der Waals surface area (Å²) in [5.74, 6) is -0.200. The molecule has 1 aromatic carbocycles. The van der Waals surface area contributed by atoms with Crippen LogP contribution >= 0.6 is 27.5 Å². The molecule has 1 atom stereocenters. The summed E-state index contributed by atoms with van der Waals surface area (Å²) in [5.41, 5.74) is 0.348. The van der Waals surface area contributed by atoms with Crippen LogP contribution in [0.1, 0.15) is 33.1 Å².